The van der Waals surface area contributed by atoms with Crippen LogP contribution in [0.25, 0.3) is 0 Å². The molecule has 1 aliphatic carbocycles. The van der Waals surface area contributed by atoms with E-state index in [0.29, 0.717) is 11.5 Å². The normalized spacial score (nSPS) is 33.4. The first kappa shape index (κ1) is 13.0. The number of aliphatic hydroxyl groups excluding tert-OH is 1. The molecule has 3 atom stereocenters. The minimum Gasteiger partial charge on any atom is -0.391 e. The Bertz CT molecular complexity index is 193. The van der Waals surface area contributed by atoms with Crippen LogP contribution in [0.2, 0.25) is 0 Å². The molecule has 0 heterocycles. The highest BCUT2D eigenvalue weighted by Gasteiger charge is 2.36. The highest BCUT2D eigenvalue weighted by molar-refractivity contribution is 4.89. The lowest BCUT2D eigenvalue weighted by Gasteiger charge is -2.43. The van der Waals surface area contributed by atoms with E-state index in [9.17, 15) is 5.11 Å². The van der Waals surface area contributed by atoms with Crippen molar-refractivity contribution in [2.45, 2.75) is 59.1 Å². The van der Waals surface area contributed by atoms with Crippen molar-refractivity contribution >= 4 is 0 Å². The summed E-state index contributed by atoms with van der Waals surface area (Å²) in [7, 11) is 2.12. The van der Waals surface area contributed by atoms with Crippen LogP contribution in [-0.4, -0.2) is 35.7 Å². The van der Waals surface area contributed by atoms with Crippen molar-refractivity contribution in [1.29, 1.82) is 0 Å². The monoisotopic (exact) mass is 213 g/mol. The van der Waals surface area contributed by atoms with Gasteiger partial charge in [0.15, 0.2) is 0 Å². The first-order chi connectivity index (χ1) is 6.86. The Labute approximate surface area is 94.7 Å². The summed E-state index contributed by atoms with van der Waals surface area (Å²) in [5, 5.41) is 10.0. The van der Waals surface area contributed by atoms with Crippen LogP contribution in [0.4, 0.5) is 0 Å². The number of rotatable bonds is 2. The van der Waals surface area contributed by atoms with Crippen molar-refractivity contribution in [2.24, 2.45) is 11.3 Å². The second-order valence-electron chi connectivity index (χ2n) is 6.08. The van der Waals surface area contributed by atoms with Crippen LogP contribution < -0.4 is 0 Å². The molecule has 1 rings (SSSR count). The third-order valence-electron chi connectivity index (χ3n) is 4.07. The molecule has 0 aliphatic heterocycles. The van der Waals surface area contributed by atoms with Gasteiger partial charge in [-0.1, -0.05) is 27.7 Å². The molecular weight excluding hydrogens is 186 g/mol. The van der Waals surface area contributed by atoms with Crippen LogP contribution in [0.3, 0.4) is 0 Å². The molecule has 1 N–H and O–H groups in total. The maximum Gasteiger partial charge on any atom is 0.0695 e. The Hall–Kier alpha value is -0.0800. The third kappa shape index (κ3) is 3.18. The maximum atomic E-state index is 10.0. The zero-order chi connectivity index (χ0) is 11.6. The molecule has 1 fully saturated rings. The lowest BCUT2D eigenvalue weighted by Crippen LogP contribution is -2.47. The number of hydrogen-bond acceptors (Lipinski definition) is 2. The molecule has 0 radical (unpaired) electrons. The molecule has 0 spiro atoms. The zero-order valence-electron chi connectivity index (χ0n) is 11.0. The summed E-state index contributed by atoms with van der Waals surface area (Å²) >= 11 is 0. The molecule has 0 aromatic carbocycles. The van der Waals surface area contributed by atoms with Crippen molar-refractivity contribution in [1.82, 2.24) is 4.90 Å². The Kier molecular flexibility index (Phi) is 4.19. The zero-order valence-corrected chi connectivity index (χ0v) is 11.0. The number of aliphatic hydroxyl groups is 1. The van der Waals surface area contributed by atoms with E-state index in [1.807, 2.05) is 0 Å². The Morgan fingerprint density at radius 1 is 1.27 bits per heavy atom. The maximum absolute atomic E-state index is 10.0. The van der Waals surface area contributed by atoms with Crippen LogP contribution in [0.1, 0.15) is 47.0 Å². The quantitative estimate of drug-likeness (QED) is 0.762. The summed E-state index contributed by atoms with van der Waals surface area (Å²) in [6.07, 6.45) is 3.18. The minimum atomic E-state index is -0.117. The standard InChI is InChI=1S/C13H27NO/c1-6-14(5)11-9-10(13(2,3)4)7-8-12(11)15/h10-12,15H,6-9H2,1-5H3. The molecule has 1 saturated carbocycles. The smallest absolute Gasteiger partial charge is 0.0695 e. The number of likely N-dealkylation sites (N-methyl/N-ethyl adjacent to an activating group) is 1. The van der Waals surface area contributed by atoms with Gasteiger partial charge in [-0.2, -0.15) is 0 Å². The predicted molar refractivity (Wildman–Crippen MR) is 64.9 cm³/mol. The van der Waals surface area contributed by atoms with Crippen LogP contribution in [-0.2, 0) is 0 Å². The van der Waals surface area contributed by atoms with E-state index in [0.717, 1.165) is 25.3 Å². The van der Waals surface area contributed by atoms with Gasteiger partial charge in [-0.3, -0.25) is 0 Å². The summed E-state index contributed by atoms with van der Waals surface area (Å²) in [6, 6.07) is 0.368. The first-order valence-corrected chi connectivity index (χ1v) is 6.24. The summed E-state index contributed by atoms with van der Waals surface area (Å²) in [4.78, 5) is 2.29. The van der Waals surface area contributed by atoms with Gasteiger partial charge in [0.2, 0.25) is 0 Å². The van der Waals surface area contributed by atoms with Gasteiger partial charge in [0.25, 0.3) is 0 Å². The van der Waals surface area contributed by atoms with Crippen molar-refractivity contribution in [3.8, 4) is 0 Å². The fourth-order valence-corrected chi connectivity index (χ4v) is 2.63. The second-order valence-corrected chi connectivity index (χ2v) is 6.08. The van der Waals surface area contributed by atoms with E-state index >= 15 is 0 Å². The molecule has 1 aliphatic rings. The second kappa shape index (κ2) is 4.84. The van der Waals surface area contributed by atoms with Gasteiger partial charge < -0.3 is 10.0 Å². The van der Waals surface area contributed by atoms with E-state index in [4.69, 9.17) is 0 Å². The highest BCUT2D eigenvalue weighted by Crippen LogP contribution is 2.39. The van der Waals surface area contributed by atoms with Crippen LogP contribution in [0.15, 0.2) is 0 Å². The van der Waals surface area contributed by atoms with E-state index in [2.05, 4.69) is 39.6 Å². The number of hydrogen-bond donors (Lipinski definition) is 1. The summed E-state index contributed by atoms with van der Waals surface area (Å²) < 4.78 is 0. The van der Waals surface area contributed by atoms with Crippen LogP contribution in [0.5, 0.6) is 0 Å². The van der Waals surface area contributed by atoms with Crippen molar-refractivity contribution in [3.05, 3.63) is 0 Å². The highest BCUT2D eigenvalue weighted by atomic mass is 16.3. The number of nitrogens with zero attached hydrogens (tertiary/aromatic N) is 1. The van der Waals surface area contributed by atoms with E-state index in [1.54, 1.807) is 0 Å². The van der Waals surface area contributed by atoms with Crippen molar-refractivity contribution in [3.63, 3.8) is 0 Å². The lowest BCUT2D eigenvalue weighted by molar-refractivity contribution is -0.00578. The van der Waals surface area contributed by atoms with E-state index < -0.39 is 0 Å². The average Bonchev–Trinajstić information content (AvgIpc) is 2.15. The van der Waals surface area contributed by atoms with Gasteiger partial charge in [0.1, 0.15) is 0 Å². The Morgan fingerprint density at radius 2 is 1.87 bits per heavy atom. The van der Waals surface area contributed by atoms with Gasteiger partial charge in [-0.15, -0.1) is 0 Å². The molecular formula is C13H27NO. The Morgan fingerprint density at radius 3 is 2.33 bits per heavy atom. The first-order valence-electron chi connectivity index (χ1n) is 6.24. The SMILES string of the molecule is CCN(C)C1CC(C(C)(C)C)CCC1O. The van der Waals surface area contributed by atoms with Crippen molar-refractivity contribution in [2.75, 3.05) is 13.6 Å². The summed E-state index contributed by atoms with van der Waals surface area (Å²) in [6.45, 7) is 10.1. The van der Waals surface area contributed by atoms with E-state index in [-0.39, 0.29) is 6.10 Å². The molecule has 0 amide bonds. The molecule has 0 saturated heterocycles. The molecule has 0 aromatic heterocycles. The van der Waals surface area contributed by atoms with Gasteiger partial charge >= 0.3 is 0 Å². The third-order valence-corrected chi connectivity index (χ3v) is 4.07. The summed E-state index contributed by atoms with van der Waals surface area (Å²) in [5.74, 6) is 0.750. The molecule has 2 heteroatoms. The molecule has 0 bridgehead atoms. The molecule has 0 aromatic rings. The van der Waals surface area contributed by atoms with Crippen LogP contribution in [0, 0.1) is 11.3 Å². The summed E-state index contributed by atoms with van der Waals surface area (Å²) in [5.41, 5.74) is 0.382. The van der Waals surface area contributed by atoms with Crippen molar-refractivity contribution < 1.29 is 5.11 Å². The predicted octanol–water partition coefficient (Wildman–Crippen LogP) is 2.51. The van der Waals surface area contributed by atoms with Gasteiger partial charge in [-0.25, -0.2) is 0 Å². The molecule has 3 unspecified atom stereocenters. The molecule has 2 nitrogen and oxygen atoms in total. The molecule has 90 valence electrons. The van der Waals surface area contributed by atoms with Gasteiger partial charge in [-0.05, 0) is 44.2 Å². The fourth-order valence-electron chi connectivity index (χ4n) is 2.63. The lowest BCUT2D eigenvalue weighted by atomic mass is 9.70. The van der Waals surface area contributed by atoms with E-state index in [1.165, 1.54) is 6.42 Å². The largest absolute Gasteiger partial charge is 0.391 e. The van der Waals surface area contributed by atoms with Gasteiger partial charge in [0.05, 0.1) is 6.10 Å². The van der Waals surface area contributed by atoms with Crippen LogP contribution >= 0.6 is 0 Å². The molecule has 15 heavy (non-hydrogen) atoms. The minimum absolute atomic E-state index is 0.117. The van der Waals surface area contributed by atoms with Gasteiger partial charge in [0, 0.05) is 6.04 Å². The Balaban J connectivity index is 2.64. The average molecular weight is 213 g/mol. The fraction of sp³-hybridized carbons (Fsp3) is 1.00. The topological polar surface area (TPSA) is 23.5 Å².